The Morgan fingerprint density at radius 3 is 1.07 bits per heavy atom. The van der Waals surface area contributed by atoms with Gasteiger partial charge in [-0.3, -0.25) is 64.3 Å². The Hall–Kier alpha value is -12.0. The van der Waals surface area contributed by atoms with Crippen molar-refractivity contribution < 1.29 is 65.5 Å². The number of amides is 4. The molecule has 9 aromatic rings. The maximum absolute atomic E-state index is 13.5. The van der Waals surface area contributed by atoms with Crippen LogP contribution in [0.5, 0.6) is 0 Å². The lowest BCUT2D eigenvalue weighted by Gasteiger charge is -2.38. The predicted octanol–water partition coefficient (Wildman–Crippen LogP) is 18.7. The summed E-state index contributed by atoms with van der Waals surface area (Å²) in [5.74, 6) is -1.19. The zero-order valence-electron chi connectivity index (χ0n) is 69.7. The zero-order chi connectivity index (χ0) is 88.0. The molecule has 8 fully saturated rings. The van der Waals surface area contributed by atoms with Crippen molar-refractivity contribution in [2.75, 3.05) is 16.4 Å². The van der Waals surface area contributed by atoms with Gasteiger partial charge in [0.15, 0.2) is 0 Å². The molecule has 4 aromatic carbocycles. The third kappa shape index (κ3) is 20.2. The number of nitro groups is 2. The minimum Gasteiger partial charge on any atom is -0.441 e. The number of imidazole rings is 1. The molecule has 652 valence electrons. The lowest BCUT2D eigenvalue weighted by Crippen LogP contribution is -2.44. The number of pyridine rings is 4. The molecule has 9 heterocycles. The fourth-order valence-electron chi connectivity index (χ4n) is 18.8. The number of aromatic nitrogens is 6. The number of cyclic esters (lactones) is 4. The van der Waals surface area contributed by atoms with Crippen LogP contribution in [0.2, 0.25) is 5.02 Å². The number of nitrogens with two attached hydrogens (primary N) is 2. The fraction of sp³-hybridized carbons (Fsp3) is 0.449. The number of aromatic amines is 1. The topological polar surface area (TPSA) is 370 Å². The van der Waals surface area contributed by atoms with Gasteiger partial charge in [0, 0.05) is 73.1 Å². The van der Waals surface area contributed by atoms with E-state index >= 15 is 0 Å². The van der Waals surface area contributed by atoms with Gasteiger partial charge in [0.05, 0.1) is 68.8 Å². The number of nitrogen functional groups attached to an aromatic ring is 1. The number of rotatable bonds is 15. The average Bonchev–Trinajstić information content (AvgIpc) is 1.62. The van der Waals surface area contributed by atoms with Crippen LogP contribution in [0.3, 0.4) is 0 Å². The van der Waals surface area contributed by atoms with Crippen LogP contribution in [0.4, 0.5) is 65.2 Å². The molecule has 0 bridgehead atoms. The van der Waals surface area contributed by atoms with Crippen molar-refractivity contribution in [2.45, 2.75) is 253 Å². The monoisotopic (exact) mass is 1710 g/mol. The number of fused-ring (bicyclic) bond motifs is 1. The van der Waals surface area contributed by atoms with Crippen LogP contribution in [0.25, 0.3) is 11.0 Å². The summed E-state index contributed by atoms with van der Waals surface area (Å²) >= 11 is 5.44. The van der Waals surface area contributed by atoms with E-state index in [2.05, 4.69) is 35.6 Å². The molecule has 4 atom stereocenters. The molecule has 4 saturated carbocycles. The first kappa shape index (κ1) is 88.8. The standard InChI is InChI=1S/C23H25FN4O3.C22H25FN4O4.C22H27FN4O2.C17H23FN2O2.C5H3ClN2O2/c1-23(2)20(14-3-5-15(24)6-4-14)28(22(30)31-23)17-9-7-16(8-10-17)27-19-11-12-25-13-18(19)26-21(27)29;1-22(2)20(14-3-5-15(23)6-4-14)26(21(28)31-22)17-9-7-16(8-10-17)25-18-11-12-24-13-19(18)27(29)30;1-22(2)20(14-3-5-15(23)6-4-14)27(21(28)29-22)17-9-7-16(8-10-17)26-19-11-12-25-13-18(19)24;1-17(2)15(11-3-5-12(18)6-4-11)20(16(21)22-17)14-9-7-13(19)8-10-14;6-4-1-2-7-3-5(4)8(9)10/h3-6,11-13,16-17,20H,7-10H2,1-2H3,(H,26,29);3-6,11-13,16-17,20H,7-10H2,1-2H3,(H,24,25);3-6,11-13,16-17,20H,7-10,24H2,1-2H3,(H,25,26);3-6,13-15H,7-10,19H2,1-2H3;1-3H/t16?,17?,20-;;;;/m0..../s1. The smallest absolute Gasteiger partial charge is 0.411 e. The SMILES string of the molecule is CC1(C)OC(=O)N(C2CCC(N)CC2)C1c1ccc(F)cc1.CC1(C)OC(=O)N(C2CCC(Nc3ccncc3N)CC2)C1c1ccc(F)cc1.CC1(C)OC(=O)N(C2CCC(Nc3ccncc3[N+](=O)[O-])CC2)C1c1ccc(F)cc1.CC1(C)OC(=O)N(C2CCC(n3c(=O)[nH]c4cnccc43)CC2)[C@H]1c1ccc(F)cc1.O=[N+]([O-])c1cnccc1Cl. The van der Waals surface area contributed by atoms with Crippen LogP contribution in [0.15, 0.2) is 176 Å². The van der Waals surface area contributed by atoms with Crippen molar-refractivity contribution in [3.8, 4) is 0 Å². The first-order valence-electron chi connectivity index (χ1n) is 41.5. The number of H-pyrrole nitrogens is 1. The molecule has 5 aromatic heterocycles. The highest BCUT2D eigenvalue weighted by Crippen LogP contribution is 2.50. The Balaban J connectivity index is 0.000000137. The number of nitrogens with zero attached hydrogens (tertiary/aromatic N) is 11. The van der Waals surface area contributed by atoms with Gasteiger partial charge < -0.3 is 46.0 Å². The summed E-state index contributed by atoms with van der Waals surface area (Å²) in [7, 11) is 0. The summed E-state index contributed by atoms with van der Waals surface area (Å²) in [4.78, 5) is 109. The van der Waals surface area contributed by atoms with Gasteiger partial charge >= 0.3 is 41.4 Å². The van der Waals surface area contributed by atoms with E-state index < -0.39 is 32.3 Å². The van der Waals surface area contributed by atoms with E-state index in [1.54, 1.807) is 84.3 Å². The second-order valence-corrected chi connectivity index (χ2v) is 35.0. The molecule has 17 rings (SSSR count). The van der Waals surface area contributed by atoms with Gasteiger partial charge in [-0.15, -0.1) is 0 Å². The van der Waals surface area contributed by atoms with Crippen molar-refractivity contribution in [3.63, 3.8) is 0 Å². The third-order valence-electron chi connectivity index (χ3n) is 24.5. The van der Waals surface area contributed by atoms with E-state index in [0.29, 0.717) is 17.4 Å². The van der Waals surface area contributed by atoms with Crippen LogP contribution in [-0.2, 0) is 18.9 Å². The molecule has 8 aliphatic rings. The quantitative estimate of drug-likeness (QED) is 0.0275. The lowest BCUT2D eigenvalue weighted by molar-refractivity contribution is -0.385. The molecule has 4 aliphatic carbocycles. The maximum Gasteiger partial charge on any atom is 0.411 e. The largest absolute Gasteiger partial charge is 0.441 e. The molecule has 4 saturated heterocycles. The number of carbonyl (C=O) groups excluding carboxylic acids is 4. The van der Waals surface area contributed by atoms with Gasteiger partial charge in [0.2, 0.25) is 0 Å². The van der Waals surface area contributed by atoms with E-state index in [9.17, 15) is 61.8 Å². The van der Waals surface area contributed by atoms with Gasteiger partial charge in [-0.25, -0.2) is 41.5 Å². The Morgan fingerprint density at radius 2 is 0.715 bits per heavy atom. The highest BCUT2D eigenvalue weighted by Gasteiger charge is 2.56. The van der Waals surface area contributed by atoms with Crippen molar-refractivity contribution >= 4 is 75.4 Å². The second-order valence-electron chi connectivity index (χ2n) is 34.6. The van der Waals surface area contributed by atoms with Crippen LogP contribution >= 0.6 is 11.6 Å². The number of hydrogen-bond donors (Lipinski definition) is 5. The number of ether oxygens (including phenoxy) is 4. The molecule has 4 aliphatic heterocycles. The van der Waals surface area contributed by atoms with Gasteiger partial charge in [0.1, 0.15) is 68.8 Å². The highest BCUT2D eigenvalue weighted by molar-refractivity contribution is 6.32. The molecule has 0 radical (unpaired) electrons. The lowest BCUT2D eigenvalue weighted by atomic mass is 9.86. The average molecular weight is 1720 g/mol. The van der Waals surface area contributed by atoms with Crippen LogP contribution in [0, 0.1) is 43.5 Å². The highest BCUT2D eigenvalue weighted by atomic mass is 35.5. The summed E-state index contributed by atoms with van der Waals surface area (Å²) in [6.07, 6.45) is 24.0. The molecule has 4 amide bonds. The van der Waals surface area contributed by atoms with Crippen LogP contribution in [-0.4, -0.2) is 148 Å². The summed E-state index contributed by atoms with van der Waals surface area (Å²) in [5, 5.41) is 28.2. The van der Waals surface area contributed by atoms with Crippen molar-refractivity contribution in [1.29, 1.82) is 0 Å². The molecule has 29 nitrogen and oxygen atoms in total. The van der Waals surface area contributed by atoms with E-state index in [1.165, 1.54) is 73.2 Å². The normalized spacial score (nSPS) is 25.3. The van der Waals surface area contributed by atoms with Crippen molar-refractivity contribution in [1.82, 2.24) is 49.1 Å². The first-order chi connectivity index (χ1) is 58.6. The minimum atomic E-state index is -0.734. The summed E-state index contributed by atoms with van der Waals surface area (Å²) in [6.45, 7) is 15.2. The van der Waals surface area contributed by atoms with Gasteiger partial charge in [0.25, 0.3) is 0 Å². The number of hydrogen-bond acceptors (Lipinski definition) is 21. The van der Waals surface area contributed by atoms with E-state index in [1.807, 2.05) is 86.8 Å². The van der Waals surface area contributed by atoms with Crippen LogP contribution < -0.4 is 27.8 Å². The van der Waals surface area contributed by atoms with Gasteiger partial charge in [-0.05, 0) is 253 Å². The Bertz CT molecular complexity index is 5290. The van der Waals surface area contributed by atoms with Crippen molar-refractivity contribution in [3.05, 3.63) is 252 Å². The second kappa shape index (κ2) is 37.4. The maximum atomic E-state index is 13.5. The number of anilines is 3. The number of nitrogens with one attached hydrogen (secondary N) is 3. The summed E-state index contributed by atoms with van der Waals surface area (Å²) in [6, 6.07) is 31.8. The van der Waals surface area contributed by atoms with Gasteiger partial charge in [-0.1, -0.05) is 60.1 Å². The zero-order valence-corrected chi connectivity index (χ0v) is 70.4. The molecular formula is C89H103ClF4N16O13. The summed E-state index contributed by atoms with van der Waals surface area (Å²) in [5.41, 5.74) is 15.9. The van der Waals surface area contributed by atoms with E-state index in [-0.39, 0.29) is 136 Å². The van der Waals surface area contributed by atoms with Gasteiger partial charge in [-0.2, -0.15) is 0 Å². The van der Waals surface area contributed by atoms with E-state index in [4.69, 9.17) is 42.0 Å². The fourth-order valence-corrected chi connectivity index (χ4v) is 19.0. The molecule has 34 heteroatoms. The Labute approximate surface area is 713 Å². The third-order valence-corrected chi connectivity index (χ3v) is 24.8. The van der Waals surface area contributed by atoms with Crippen molar-refractivity contribution in [2.24, 2.45) is 5.73 Å². The number of benzene rings is 4. The molecule has 0 spiro atoms. The first-order valence-corrected chi connectivity index (χ1v) is 41.9. The van der Waals surface area contributed by atoms with E-state index in [0.717, 1.165) is 148 Å². The molecular weight excluding hydrogens is 1610 g/mol. The minimum absolute atomic E-state index is 0.00292. The molecule has 123 heavy (non-hydrogen) atoms. The number of halogens is 5. The Morgan fingerprint density at radius 1 is 0.415 bits per heavy atom. The predicted molar refractivity (Wildman–Crippen MR) is 453 cm³/mol. The molecule has 3 unspecified atom stereocenters. The Kier molecular flexibility index (Phi) is 27.0. The molecule has 7 N–H and O–H groups in total. The summed E-state index contributed by atoms with van der Waals surface area (Å²) < 4.78 is 78.0. The number of carbonyl (C=O) groups is 4. The van der Waals surface area contributed by atoms with Crippen LogP contribution in [0.1, 0.15) is 211 Å².